The monoisotopic (exact) mass is 589 g/mol. The maximum Gasteiger partial charge on any atom is 0.420 e. The number of thiophene rings is 1. The van der Waals surface area contributed by atoms with Crippen molar-refractivity contribution in [1.29, 1.82) is 0 Å². The van der Waals surface area contributed by atoms with Crippen LogP contribution in [0, 0.1) is 0 Å². The molecule has 0 spiro atoms. The summed E-state index contributed by atoms with van der Waals surface area (Å²) < 4.78 is 55.3. The number of fused-ring (bicyclic) bond motifs is 2. The first-order chi connectivity index (χ1) is 19.2. The van der Waals surface area contributed by atoms with Crippen LogP contribution >= 0.6 is 11.3 Å². The van der Waals surface area contributed by atoms with E-state index in [4.69, 9.17) is 9.97 Å². The van der Waals surface area contributed by atoms with Gasteiger partial charge in [0.2, 0.25) is 5.95 Å². The molecule has 7 rings (SSSR count). The molecule has 1 atom stereocenters. The maximum absolute atomic E-state index is 14.1. The number of nitrogens with one attached hydrogen (secondary N) is 1. The zero-order valence-corrected chi connectivity index (χ0v) is 23.3. The van der Waals surface area contributed by atoms with Gasteiger partial charge in [0.1, 0.15) is 10.4 Å². The molecule has 0 bridgehead atoms. The quantitative estimate of drug-likeness (QED) is 0.469. The number of rotatable bonds is 5. The standard InChI is InChI=1S/C26H26F3N7O2S2/c1-35-7-6-16-17(12-35)31-20(13-2-3-13)23(32-16)34-25-30-11-15(26(27,28)29)21(33-25)18-10-19-22(39-18)24(37)36(14-4-5-14)8-9-40(19)38/h10-11,13-14H,2-9,12H2,1H3,(H,30,32,33,34). The lowest BCUT2D eigenvalue weighted by molar-refractivity contribution is -0.137. The van der Waals surface area contributed by atoms with Crippen LogP contribution in [0.2, 0.25) is 0 Å². The van der Waals surface area contributed by atoms with Gasteiger partial charge in [-0.25, -0.2) is 15.0 Å². The Morgan fingerprint density at radius 3 is 2.62 bits per heavy atom. The molecule has 2 saturated carbocycles. The molecule has 1 unspecified atom stereocenters. The second-order valence-electron chi connectivity index (χ2n) is 10.8. The van der Waals surface area contributed by atoms with E-state index in [0.717, 1.165) is 73.3 Å². The average Bonchev–Trinajstić information content (AvgIpc) is 3.85. The molecule has 0 radical (unpaired) electrons. The largest absolute Gasteiger partial charge is 0.420 e. The van der Waals surface area contributed by atoms with Crippen molar-refractivity contribution >= 4 is 39.8 Å². The molecular weight excluding hydrogens is 563 g/mol. The fourth-order valence-electron chi connectivity index (χ4n) is 5.22. The third-order valence-corrected chi connectivity index (χ3v) is 10.3. The molecule has 1 amide bonds. The Morgan fingerprint density at radius 1 is 1.10 bits per heavy atom. The van der Waals surface area contributed by atoms with Crippen LogP contribution in [0.3, 0.4) is 0 Å². The molecule has 3 aromatic rings. The lowest BCUT2D eigenvalue weighted by atomic mass is 10.1. The number of alkyl halides is 3. The molecule has 5 heterocycles. The number of carbonyl (C=O) groups is 1. The fourth-order valence-corrected chi connectivity index (χ4v) is 7.84. The highest BCUT2D eigenvalue weighted by atomic mass is 32.2. The van der Waals surface area contributed by atoms with Crippen LogP contribution in [0.1, 0.15) is 63.9 Å². The number of hydrogen-bond acceptors (Lipinski definition) is 9. The first kappa shape index (κ1) is 26.0. The van der Waals surface area contributed by atoms with Crippen molar-refractivity contribution in [1.82, 2.24) is 29.7 Å². The average molecular weight is 590 g/mol. The van der Waals surface area contributed by atoms with Crippen molar-refractivity contribution in [2.45, 2.75) is 61.7 Å². The minimum absolute atomic E-state index is 0.0391. The molecule has 0 aromatic carbocycles. The molecular formula is C26H26F3N7O2S2. The highest BCUT2D eigenvalue weighted by Gasteiger charge is 2.40. The van der Waals surface area contributed by atoms with Crippen molar-refractivity contribution in [3.05, 3.63) is 39.8 Å². The lowest BCUT2D eigenvalue weighted by Crippen LogP contribution is -2.33. The second kappa shape index (κ2) is 9.55. The number of nitrogens with zero attached hydrogens (tertiary/aromatic N) is 6. The zero-order valence-electron chi connectivity index (χ0n) is 21.6. The van der Waals surface area contributed by atoms with Gasteiger partial charge in [-0.05, 0) is 38.8 Å². The van der Waals surface area contributed by atoms with Gasteiger partial charge in [0, 0.05) is 50.0 Å². The smallest absolute Gasteiger partial charge is 0.334 e. The first-order valence-electron chi connectivity index (χ1n) is 13.3. The van der Waals surface area contributed by atoms with Gasteiger partial charge in [-0.1, -0.05) is 0 Å². The summed E-state index contributed by atoms with van der Waals surface area (Å²) in [6, 6.07) is 1.54. The summed E-state index contributed by atoms with van der Waals surface area (Å²) in [6.07, 6.45) is 0.466. The lowest BCUT2D eigenvalue weighted by Gasteiger charge is -2.24. The molecule has 2 fully saturated rings. The third kappa shape index (κ3) is 4.79. The predicted molar refractivity (Wildman–Crippen MR) is 143 cm³/mol. The Balaban J connectivity index is 1.28. The van der Waals surface area contributed by atoms with Crippen molar-refractivity contribution in [3.63, 3.8) is 0 Å². The van der Waals surface area contributed by atoms with E-state index in [2.05, 4.69) is 20.2 Å². The highest BCUT2D eigenvalue weighted by Crippen LogP contribution is 2.44. The van der Waals surface area contributed by atoms with Gasteiger partial charge in [0.15, 0.2) is 5.82 Å². The fraction of sp³-hybridized carbons (Fsp3) is 0.500. The van der Waals surface area contributed by atoms with Gasteiger partial charge in [-0.3, -0.25) is 14.0 Å². The van der Waals surface area contributed by atoms with E-state index in [1.54, 1.807) is 4.90 Å². The topological polar surface area (TPSA) is 104 Å². The predicted octanol–water partition coefficient (Wildman–Crippen LogP) is 4.35. The minimum Gasteiger partial charge on any atom is -0.334 e. The van der Waals surface area contributed by atoms with Crippen LogP contribution in [0.15, 0.2) is 17.2 Å². The summed E-state index contributed by atoms with van der Waals surface area (Å²) in [5.41, 5.74) is 1.19. The van der Waals surface area contributed by atoms with Crippen LogP contribution in [-0.2, 0) is 29.9 Å². The van der Waals surface area contributed by atoms with Gasteiger partial charge in [-0.15, -0.1) is 11.3 Å². The van der Waals surface area contributed by atoms with Crippen LogP contribution in [0.25, 0.3) is 10.6 Å². The Labute approximate surface area is 234 Å². The Bertz CT molecular complexity index is 1550. The molecule has 3 aromatic heterocycles. The molecule has 40 heavy (non-hydrogen) atoms. The highest BCUT2D eigenvalue weighted by molar-refractivity contribution is 7.85. The first-order valence-corrected chi connectivity index (χ1v) is 15.4. The van der Waals surface area contributed by atoms with E-state index < -0.39 is 22.5 Å². The van der Waals surface area contributed by atoms with E-state index >= 15 is 0 Å². The van der Waals surface area contributed by atoms with E-state index in [0.29, 0.717) is 18.9 Å². The van der Waals surface area contributed by atoms with Crippen LogP contribution in [0.5, 0.6) is 0 Å². The van der Waals surface area contributed by atoms with Crippen molar-refractivity contribution in [2.75, 3.05) is 31.2 Å². The van der Waals surface area contributed by atoms with Crippen LogP contribution < -0.4 is 5.32 Å². The summed E-state index contributed by atoms with van der Waals surface area (Å²) in [5.74, 6) is 0.650. The Morgan fingerprint density at radius 2 is 1.90 bits per heavy atom. The van der Waals surface area contributed by atoms with E-state index in [1.807, 2.05) is 7.05 Å². The van der Waals surface area contributed by atoms with Crippen molar-refractivity contribution < 1.29 is 22.2 Å². The minimum atomic E-state index is -4.73. The number of amides is 1. The number of hydrogen-bond donors (Lipinski definition) is 1. The molecule has 4 aliphatic rings. The Hall–Kier alpha value is -2.97. The summed E-state index contributed by atoms with van der Waals surface area (Å²) in [4.78, 5) is 35.7. The maximum atomic E-state index is 14.1. The molecule has 1 N–H and O–H groups in total. The number of anilines is 2. The summed E-state index contributed by atoms with van der Waals surface area (Å²) >= 11 is 0.910. The van der Waals surface area contributed by atoms with E-state index in [9.17, 15) is 22.2 Å². The Kier molecular flexibility index (Phi) is 6.20. The number of aromatic nitrogens is 4. The van der Waals surface area contributed by atoms with Gasteiger partial charge >= 0.3 is 6.18 Å². The van der Waals surface area contributed by atoms with Gasteiger partial charge < -0.3 is 15.1 Å². The van der Waals surface area contributed by atoms with E-state index in [-0.39, 0.29) is 49.9 Å². The van der Waals surface area contributed by atoms with Crippen molar-refractivity contribution in [3.8, 4) is 10.6 Å². The summed E-state index contributed by atoms with van der Waals surface area (Å²) in [5, 5.41) is 3.06. The van der Waals surface area contributed by atoms with Gasteiger partial charge in [0.25, 0.3) is 5.91 Å². The number of halogens is 3. The van der Waals surface area contributed by atoms with E-state index in [1.165, 1.54) is 6.07 Å². The summed E-state index contributed by atoms with van der Waals surface area (Å²) in [6.45, 7) is 1.92. The number of likely N-dealkylation sites (N-methyl/N-ethyl adjacent to an activating group) is 1. The molecule has 2 aliphatic carbocycles. The third-order valence-electron chi connectivity index (χ3n) is 7.65. The normalized spacial score (nSPS) is 21.6. The zero-order chi connectivity index (χ0) is 27.8. The molecule has 0 saturated heterocycles. The summed E-state index contributed by atoms with van der Waals surface area (Å²) in [7, 11) is 0.530. The molecule has 9 nitrogen and oxygen atoms in total. The SMILES string of the molecule is CN1CCc2nc(Nc3ncc(C(F)(F)F)c(-c4cc5c(s4)C(=O)N(C4CC4)CCS5=O)n3)c(C3CC3)nc2C1. The number of carbonyl (C=O) groups excluding carboxylic acids is 1. The van der Waals surface area contributed by atoms with Crippen LogP contribution in [-0.4, -0.2) is 71.8 Å². The molecule has 2 aliphatic heterocycles. The van der Waals surface area contributed by atoms with Crippen LogP contribution in [0.4, 0.5) is 24.9 Å². The molecule has 14 heteroatoms. The van der Waals surface area contributed by atoms with Gasteiger partial charge in [0.05, 0.1) is 43.3 Å². The van der Waals surface area contributed by atoms with Crippen molar-refractivity contribution in [2.24, 2.45) is 0 Å². The van der Waals surface area contributed by atoms with Gasteiger partial charge in [-0.2, -0.15) is 13.2 Å². The second-order valence-corrected chi connectivity index (χ2v) is 13.4. The molecule has 210 valence electrons.